The van der Waals surface area contributed by atoms with Gasteiger partial charge < -0.3 is 14.5 Å². The van der Waals surface area contributed by atoms with Gasteiger partial charge in [0, 0.05) is 31.9 Å². The van der Waals surface area contributed by atoms with Crippen molar-refractivity contribution < 1.29 is 9.53 Å². The molecule has 1 spiro atoms. The number of hydrogen-bond donors (Lipinski definition) is 0. The molecule has 3 rings (SSSR count). The number of likely N-dealkylation sites (tertiary alicyclic amines) is 1. The van der Waals surface area contributed by atoms with Gasteiger partial charge in [0.05, 0.1) is 0 Å². The Bertz CT molecular complexity index is 542. The Balaban J connectivity index is 1.56. The van der Waals surface area contributed by atoms with E-state index in [0.717, 1.165) is 39.0 Å². The zero-order valence-corrected chi connectivity index (χ0v) is 14.5. The van der Waals surface area contributed by atoms with Crippen molar-refractivity contribution >= 4 is 11.8 Å². The molecule has 1 amide bonds. The van der Waals surface area contributed by atoms with Gasteiger partial charge in [-0.05, 0) is 57.6 Å². The molecule has 1 aromatic carbocycles. The topological polar surface area (TPSA) is 32.8 Å². The molecule has 2 saturated heterocycles. The fraction of sp³-hybridized carbons (Fsp3) is 0.632. The van der Waals surface area contributed by atoms with Gasteiger partial charge in [-0.15, -0.1) is 0 Å². The van der Waals surface area contributed by atoms with Crippen LogP contribution in [0.25, 0.3) is 0 Å². The maximum Gasteiger partial charge on any atom is 0.410 e. The molecule has 126 valence electrons. The number of piperidine rings is 1. The minimum absolute atomic E-state index is 0.162. The zero-order chi connectivity index (χ0) is 16.5. The average molecular weight is 316 g/mol. The van der Waals surface area contributed by atoms with Crippen molar-refractivity contribution in [1.29, 1.82) is 0 Å². The lowest BCUT2D eigenvalue weighted by Crippen LogP contribution is -2.46. The van der Waals surface area contributed by atoms with E-state index in [-0.39, 0.29) is 6.09 Å². The van der Waals surface area contributed by atoms with Crippen LogP contribution in [-0.2, 0) is 4.74 Å². The van der Waals surface area contributed by atoms with Gasteiger partial charge in [0.1, 0.15) is 5.60 Å². The second-order valence-corrected chi connectivity index (χ2v) is 7.97. The van der Waals surface area contributed by atoms with Crippen LogP contribution < -0.4 is 4.90 Å². The van der Waals surface area contributed by atoms with Gasteiger partial charge in [0.15, 0.2) is 0 Å². The number of ether oxygens (including phenoxy) is 1. The third-order valence-electron chi connectivity index (χ3n) is 5.04. The normalized spacial score (nSPS) is 20.8. The summed E-state index contributed by atoms with van der Waals surface area (Å²) in [7, 11) is 0. The van der Waals surface area contributed by atoms with Crippen molar-refractivity contribution in [2.24, 2.45) is 5.41 Å². The number of benzene rings is 1. The molecule has 0 aromatic heterocycles. The Morgan fingerprint density at radius 3 is 2.26 bits per heavy atom. The van der Waals surface area contributed by atoms with Gasteiger partial charge >= 0.3 is 6.09 Å². The highest BCUT2D eigenvalue weighted by Crippen LogP contribution is 2.42. The molecule has 2 aliphatic heterocycles. The second kappa shape index (κ2) is 6.06. The van der Waals surface area contributed by atoms with Crippen molar-refractivity contribution in [3.05, 3.63) is 30.3 Å². The molecule has 0 radical (unpaired) electrons. The molecule has 4 nitrogen and oxygen atoms in total. The quantitative estimate of drug-likeness (QED) is 0.787. The number of para-hydroxylation sites is 1. The first kappa shape index (κ1) is 16.2. The molecule has 1 aromatic rings. The van der Waals surface area contributed by atoms with E-state index in [0.29, 0.717) is 5.41 Å². The van der Waals surface area contributed by atoms with Crippen molar-refractivity contribution in [1.82, 2.24) is 4.90 Å². The summed E-state index contributed by atoms with van der Waals surface area (Å²) in [6, 6.07) is 10.6. The number of carbonyl (C=O) groups excluding carboxylic acids is 1. The van der Waals surface area contributed by atoms with Crippen LogP contribution in [0, 0.1) is 5.41 Å². The molecule has 0 atom stereocenters. The molecule has 0 N–H and O–H groups in total. The highest BCUT2D eigenvalue weighted by molar-refractivity contribution is 5.68. The maximum absolute atomic E-state index is 12.2. The minimum atomic E-state index is -0.413. The summed E-state index contributed by atoms with van der Waals surface area (Å²) in [6.45, 7) is 9.63. The van der Waals surface area contributed by atoms with E-state index in [4.69, 9.17) is 4.74 Å². The number of nitrogens with zero attached hydrogens (tertiary/aromatic N) is 2. The predicted molar refractivity (Wildman–Crippen MR) is 92.7 cm³/mol. The third kappa shape index (κ3) is 3.80. The van der Waals surface area contributed by atoms with Gasteiger partial charge in [-0.25, -0.2) is 4.79 Å². The largest absolute Gasteiger partial charge is 0.444 e. The summed E-state index contributed by atoms with van der Waals surface area (Å²) in [4.78, 5) is 16.6. The second-order valence-electron chi connectivity index (χ2n) is 7.97. The summed E-state index contributed by atoms with van der Waals surface area (Å²) >= 11 is 0. The highest BCUT2D eigenvalue weighted by atomic mass is 16.6. The lowest BCUT2D eigenvalue weighted by Gasteiger charge is -2.39. The van der Waals surface area contributed by atoms with Crippen molar-refractivity contribution in [2.45, 2.75) is 45.6 Å². The smallest absolute Gasteiger partial charge is 0.410 e. The first-order chi connectivity index (χ1) is 10.9. The van der Waals surface area contributed by atoms with Gasteiger partial charge in [0.2, 0.25) is 0 Å². The van der Waals surface area contributed by atoms with E-state index in [1.807, 2.05) is 25.7 Å². The molecule has 0 unspecified atom stereocenters. The van der Waals surface area contributed by atoms with Gasteiger partial charge in [-0.3, -0.25) is 0 Å². The van der Waals surface area contributed by atoms with Gasteiger partial charge in [-0.1, -0.05) is 18.2 Å². The maximum atomic E-state index is 12.2. The molecular weight excluding hydrogens is 288 g/mol. The number of carbonyl (C=O) groups is 1. The highest BCUT2D eigenvalue weighted by Gasteiger charge is 2.42. The van der Waals surface area contributed by atoms with Gasteiger partial charge in [-0.2, -0.15) is 0 Å². The van der Waals surface area contributed by atoms with Crippen LogP contribution in [0.5, 0.6) is 0 Å². The first-order valence-corrected chi connectivity index (χ1v) is 8.65. The van der Waals surface area contributed by atoms with Crippen LogP contribution in [0.3, 0.4) is 0 Å². The van der Waals surface area contributed by atoms with Crippen LogP contribution >= 0.6 is 0 Å². The lowest BCUT2D eigenvalue weighted by molar-refractivity contribution is 0.0122. The Kier molecular flexibility index (Phi) is 4.26. The Morgan fingerprint density at radius 1 is 1.04 bits per heavy atom. The minimum Gasteiger partial charge on any atom is -0.444 e. The molecule has 23 heavy (non-hydrogen) atoms. The lowest BCUT2D eigenvalue weighted by atomic mass is 9.78. The molecule has 2 heterocycles. The van der Waals surface area contributed by atoms with Crippen LogP contribution in [0.15, 0.2) is 30.3 Å². The summed E-state index contributed by atoms with van der Waals surface area (Å²) < 4.78 is 5.50. The summed E-state index contributed by atoms with van der Waals surface area (Å²) in [5.74, 6) is 0. The molecular formula is C19H28N2O2. The molecule has 2 aliphatic rings. The monoisotopic (exact) mass is 316 g/mol. The Labute approximate surface area is 139 Å². The average Bonchev–Trinajstić information content (AvgIpc) is 2.91. The fourth-order valence-electron chi connectivity index (χ4n) is 3.69. The van der Waals surface area contributed by atoms with E-state index < -0.39 is 5.60 Å². The summed E-state index contributed by atoms with van der Waals surface area (Å²) in [6.07, 6.45) is 3.22. The first-order valence-electron chi connectivity index (χ1n) is 8.65. The number of anilines is 1. The number of rotatable bonds is 1. The summed E-state index contributed by atoms with van der Waals surface area (Å²) in [5, 5.41) is 0. The third-order valence-corrected chi connectivity index (χ3v) is 5.04. The van der Waals surface area contributed by atoms with Crippen LogP contribution in [0.2, 0.25) is 0 Å². The van der Waals surface area contributed by atoms with Crippen LogP contribution in [0.1, 0.15) is 40.0 Å². The van der Waals surface area contributed by atoms with E-state index in [2.05, 4.69) is 35.2 Å². The van der Waals surface area contributed by atoms with Crippen molar-refractivity contribution in [2.75, 3.05) is 31.1 Å². The van der Waals surface area contributed by atoms with Crippen LogP contribution in [0.4, 0.5) is 10.5 Å². The molecule has 0 aliphatic carbocycles. The Hall–Kier alpha value is -1.71. The van der Waals surface area contributed by atoms with E-state index in [1.165, 1.54) is 12.1 Å². The Morgan fingerprint density at radius 2 is 1.65 bits per heavy atom. The fourth-order valence-corrected chi connectivity index (χ4v) is 3.69. The predicted octanol–water partition coefficient (Wildman–Crippen LogP) is 3.91. The van der Waals surface area contributed by atoms with E-state index >= 15 is 0 Å². The number of amides is 1. The van der Waals surface area contributed by atoms with E-state index in [9.17, 15) is 4.79 Å². The molecule has 4 heteroatoms. The van der Waals surface area contributed by atoms with Gasteiger partial charge in [0.25, 0.3) is 0 Å². The van der Waals surface area contributed by atoms with E-state index in [1.54, 1.807) is 0 Å². The standard InChI is InChI=1S/C19H28N2O2/c1-18(2,3)23-17(22)20-12-9-19(10-13-20)11-14-21(15-19)16-7-5-4-6-8-16/h4-8H,9-15H2,1-3H3. The molecule has 0 bridgehead atoms. The molecule has 2 fully saturated rings. The van der Waals surface area contributed by atoms with Crippen LogP contribution in [-0.4, -0.2) is 42.8 Å². The molecule has 0 saturated carbocycles. The van der Waals surface area contributed by atoms with Crippen molar-refractivity contribution in [3.8, 4) is 0 Å². The van der Waals surface area contributed by atoms with Crippen molar-refractivity contribution in [3.63, 3.8) is 0 Å². The zero-order valence-electron chi connectivity index (χ0n) is 14.5. The number of hydrogen-bond acceptors (Lipinski definition) is 3. The SMILES string of the molecule is CC(C)(C)OC(=O)N1CCC2(CC1)CCN(c1ccccc1)C2. The summed E-state index contributed by atoms with van der Waals surface area (Å²) in [5.41, 5.74) is 1.27.